The first-order valence-electron chi connectivity index (χ1n) is 4.87. The van der Waals surface area contributed by atoms with E-state index in [2.05, 4.69) is 0 Å². The van der Waals surface area contributed by atoms with Crippen molar-refractivity contribution in [3.63, 3.8) is 0 Å². The van der Waals surface area contributed by atoms with Gasteiger partial charge in [0.25, 0.3) is 0 Å². The lowest BCUT2D eigenvalue weighted by molar-refractivity contribution is -0.117. The molecule has 1 aromatic rings. The summed E-state index contributed by atoms with van der Waals surface area (Å²) < 4.78 is 5.46. The summed E-state index contributed by atoms with van der Waals surface area (Å²) in [7, 11) is 0. The van der Waals surface area contributed by atoms with E-state index in [1.54, 1.807) is 6.92 Å². The minimum absolute atomic E-state index is 0.220. The van der Waals surface area contributed by atoms with E-state index in [-0.39, 0.29) is 5.78 Å². The fraction of sp³-hybridized carbons (Fsp3) is 0.417. The van der Waals surface area contributed by atoms with Crippen LogP contribution in [-0.2, 0) is 4.79 Å². The summed E-state index contributed by atoms with van der Waals surface area (Å²) in [4.78, 5) is 10.6. The van der Waals surface area contributed by atoms with E-state index in [0.29, 0.717) is 13.0 Å². The molecule has 0 heterocycles. The van der Waals surface area contributed by atoms with Gasteiger partial charge in [0.05, 0.1) is 6.61 Å². The Bertz CT molecular complexity index is 288. The summed E-state index contributed by atoms with van der Waals surface area (Å²) in [6, 6.07) is 7.92. The number of carbonyl (C=O) groups excluding carboxylic acids is 1. The fourth-order valence-corrected chi connectivity index (χ4v) is 1.15. The first-order chi connectivity index (χ1) is 6.68. The Morgan fingerprint density at radius 2 is 1.93 bits per heavy atom. The highest BCUT2D eigenvalue weighted by Gasteiger charge is 1.95. The standard InChI is InChI=1S/C12H16O2/c1-10-5-7-12(8-6-10)14-9-3-4-11(2)13/h5-8H,3-4,9H2,1-2H3. The van der Waals surface area contributed by atoms with Crippen molar-refractivity contribution in [2.45, 2.75) is 26.7 Å². The average molecular weight is 192 g/mol. The second-order valence-electron chi connectivity index (χ2n) is 3.47. The Morgan fingerprint density at radius 1 is 1.29 bits per heavy atom. The predicted molar refractivity (Wildman–Crippen MR) is 56.6 cm³/mol. The van der Waals surface area contributed by atoms with E-state index in [4.69, 9.17) is 4.74 Å². The van der Waals surface area contributed by atoms with E-state index >= 15 is 0 Å². The quantitative estimate of drug-likeness (QED) is 0.670. The molecule has 0 aliphatic rings. The number of ether oxygens (including phenoxy) is 1. The van der Waals surface area contributed by atoms with Gasteiger partial charge in [0, 0.05) is 6.42 Å². The van der Waals surface area contributed by atoms with Crippen LogP contribution in [-0.4, -0.2) is 12.4 Å². The van der Waals surface area contributed by atoms with Crippen molar-refractivity contribution in [1.29, 1.82) is 0 Å². The van der Waals surface area contributed by atoms with Crippen LogP contribution in [0.4, 0.5) is 0 Å². The second-order valence-corrected chi connectivity index (χ2v) is 3.47. The van der Waals surface area contributed by atoms with E-state index in [9.17, 15) is 4.79 Å². The van der Waals surface area contributed by atoms with E-state index < -0.39 is 0 Å². The maximum absolute atomic E-state index is 10.6. The molecule has 1 rings (SSSR count). The van der Waals surface area contributed by atoms with Crippen LogP contribution in [0.3, 0.4) is 0 Å². The van der Waals surface area contributed by atoms with Crippen LogP contribution in [0.1, 0.15) is 25.3 Å². The Morgan fingerprint density at radius 3 is 2.50 bits per heavy atom. The third kappa shape index (κ3) is 4.08. The topological polar surface area (TPSA) is 26.3 Å². The van der Waals surface area contributed by atoms with Crippen LogP contribution in [0.25, 0.3) is 0 Å². The molecular formula is C12H16O2. The second kappa shape index (κ2) is 5.43. The van der Waals surface area contributed by atoms with Crippen LogP contribution in [0, 0.1) is 6.92 Å². The minimum atomic E-state index is 0.220. The normalized spacial score (nSPS) is 9.86. The summed E-state index contributed by atoms with van der Waals surface area (Å²) in [6.45, 7) is 4.26. The van der Waals surface area contributed by atoms with Gasteiger partial charge in [0.2, 0.25) is 0 Å². The first kappa shape index (κ1) is 10.8. The maximum atomic E-state index is 10.6. The molecule has 2 heteroatoms. The molecule has 0 aromatic heterocycles. The molecule has 1 aromatic carbocycles. The zero-order valence-electron chi connectivity index (χ0n) is 8.75. The van der Waals surface area contributed by atoms with Gasteiger partial charge in [-0.3, -0.25) is 0 Å². The van der Waals surface area contributed by atoms with Crippen LogP contribution >= 0.6 is 0 Å². The summed E-state index contributed by atoms with van der Waals surface area (Å²) in [5.41, 5.74) is 1.22. The third-order valence-electron chi connectivity index (χ3n) is 1.96. The van der Waals surface area contributed by atoms with Crippen molar-refractivity contribution in [1.82, 2.24) is 0 Å². The lowest BCUT2D eigenvalue weighted by Gasteiger charge is -2.04. The van der Waals surface area contributed by atoms with Gasteiger partial charge in [-0.15, -0.1) is 0 Å². The number of hydrogen-bond donors (Lipinski definition) is 0. The molecule has 0 aliphatic carbocycles. The molecule has 2 nitrogen and oxygen atoms in total. The van der Waals surface area contributed by atoms with Crippen molar-refractivity contribution >= 4 is 5.78 Å². The van der Waals surface area contributed by atoms with E-state index in [1.165, 1.54) is 5.56 Å². The van der Waals surface area contributed by atoms with Crippen LogP contribution in [0.5, 0.6) is 5.75 Å². The summed E-state index contributed by atoms with van der Waals surface area (Å²) in [5.74, 6) is 1.09. The van der Waals surface area contributed by atoms with Crippen molar-refractivity contribution in [2.75, 3.05) is 6.61 Å². The zero-order valence-corrected chi connectivity index (χ0v) is 8.75. The predicted octanol–water partition coefficient (Wildman–Crippen LogP) is 2.74. The van der Waals surface area contributed by atoms with Gasteiger partial charge < -0.3 is 9.53 Å². The molecule has 0 radical (unpaired) electrons. The number of rotatable bonds is 5. The van der Waals surface area contributed by atoms with Crippen LogP contribution in [0.2, 0.25) is 0 Å². The molecular weight excluding hydrogens is 176 g/mol. The Balaban J connectivity index is 2.25. The highest BCUT2D eigenvalue weighted by Crippen LogP contribution is 2.11. The summed E-state index contributed by atoms with van der Waals surface area (Å²) >= 11 is 0. The molecule has 0 unspecified atom stereocenters. The molecule has 0 fully saturated rings. The molecule has 0 amide bonds. The Kier molecular flexibility index (Phi) is 4.17. The molecule has 0 saturated carbocycles. The van der Waals surface area contributed by atoms with Crippen molar-refractivity contribution < 1.29 is 9.53 Å². The number of benzene rings is 1. The zero-order chi connectivity index (χ0) is 10.4. The largest absolute Gasteiger partial charge is 0.494 e. The molecule has 0 bridgehead atoms. The van der Waals surface area contributed by atoms with Gasteiger partial charge in [-0.1, -0.05) is 17.7 Å². The van der Waals surface area contributed by atoms with Crippen LogP contribution < -0.4 is 4.74 Å². The van der Waals surface area contributed by atoms with Gasteiger partial charge in [-0.05, 0) is 32.4 Å². The highest BCUT2D eigenvalue weighted by atomic mass is 16.5. The number of hydrogen-bond acceptors (Lipinski definition) is 2. The SMILES string of the molecule is CC(=O)CCCOc1ccc(C)cc1. The van der Waals surface area contributed by atoms with Crippen LogP contribution in [0.15, 0.2) is 24.3 Å². The van der Waals surface area contributed by atoms with Gasteiger partial charge in [0.15, 0.2) is 0 Å². The van der Waals surface area contributed by atoms with Gasteiger partial charge in [0.1, 0.15) is 11.5 Å². The van der Waals surface area contributed by atoms with Gasteiger partial charge in [-0.2, -0.15) is 0 Å². The molecule has 14 heavy (non-hydrogen) atoms. The third-order valence-corrected chi connectivity index (χ3v) is 1.96. The Hall–Kier alpha value is -1.31. The molecule has 0 atom stereocenters. The molecule has 0 saturated heterocycles. The fourth-order valence-electron chi connectivity index (χ4n) is 1.15. The Labute approximate surface area is 84.9 Å². The maximum Gasteiger partial charge on any atom is 0.129 e. The molecule has 76 valence electrons. The smallest absolute Gasteiger partial charge is 0.129 e. The number of Topliss-reactive ketones (excluding diaryl/α,β-unsaturated/α-hetero) is 1. The summed E-state index contributed by atoms with van der Waals surface area (Å²) in [6.07, 6.45) is 1.40. The highest BCUT2D eigenvalue weighted by molar-refractivity contribution is 5.75. The molecule has 0 spiro atoms. The number of aryl methyl sites for hydroxylation is 1. The van der Waals surface area contributed by atoms with E-state index in [1.807, 2.05) is 31.2 Å². The van der Waals surface area contributed by atoms with Gasteiger partial charge in [-0.25, -0.2) is 0 Å². The number of ketones is 1. The monoisotopic (exact) mass is 192 g/mol. The average Bonchev–Trinajstić information content (AvgIpc) is 2.15. The minimum Gasteiger partial charge on any atom is -0.494 e. The number of carbonyl (C=O) groups is 1. The lowest BCUT2D eigenvalue weighted by Crippen LogP contribution is -2.00. The summed E-state index contributed by atoms with van der Waals surface area (Å²) in [5, 5.41) is 0. The van der Waals surface area contributed by atoms with Gasteiger partial charge >= 0.3 is 0 Å². The van der Waals surface area contributed by atoms with Crippen molar-refractivity contribution in [2.24, 2.45) is 0 Å². The molecule has 0 aliphatic heterocycles. The van der Waals surface area contributed by atoms with E-state index in [0.717, 1.165) is 12.2 Å². The lowest BCUT2D eigenvalue weighted by atomic mass is 10.2. The molecule has 0 N–H and O–H groups in total. The van der Waals surface area contributed by atoms with Crippen molar-refractivity contribution in [3.05, 3.63) is 29.8 Å². The first-order valence-corrected chi connectivity index (χ1v) is 4.87. The van der Waals surface area contributed by atoms with Crippen molar-refractivity contribution in [3.8, 4) is 5.75 Å².